The lowest BCUT2D eigenvalue weighted by molar-refractivity contribution is 0.0695. The summed E-state index contributed by atoms with van der Waals surface area (Å²) >= 11 is 0. The van der Waals surface area contributed by atoms with Crippen molar-refractivity contribution in [2.24, 2.45) is 0 Å². The second-order valence-electron chi connectivity index (χ2n) is 5.03. The van der Waals surface area contributed by atoms with Crippen molar-refractivity contribution < 1.29 is 18.3 Å². The number of carbonyl (C=O) groups is 1. The van der Waals surface area contributed by atoms with E-state index < -0.39 is 16.0 Å². The molecule has 0 aromatic heterocycles. The van der Waals surface area contributed by atoms with Crippen molar-refractivity contribution in [3.05, 3.63) is 65.2 Å². The Labute approximate surface area is 129 Å². The van der Waals surface area contributed by atoms with Gasteiger partial charge in [0, 0.05) is 5.69 Å². The summed E-state index contributed by atoms with van der Waals surface area (Å²) in [4.78, 5) is 11.1. The molecule has 0 saturated heterocycles. The third-order valence-electron chi connectivity index (χ3n) is 3.19. The van der Waals surface area contributed by atoms with E-state index in [1.54, 1.807) is 24.3 Å². The molecule has 0 spiro atoms. The van der Waals surface area contributed by atoms with Crippen molar-refractivity contribution in [1.82, 2.24) is 0 Å². The maximum Gasteiger partial charge on any atom is 0.335 e. The highest BCUT2D eigenvalue weighted by Gasteiger charge is 2.09. The fourth-order valence-corrected chi connectivity index (χ4v) is 2.74. The van der Waals surface area contributed by atoms with E-state index in [4.69, 9.17) is 5.11 Å². The van der Waals surface area contributed by atoms with Gasteiger partial charge in [0.15, 0.2) is 0 Å². The van der Waals surface area contributed by atoms with Crippen LogP contribution in [0.2, 0.25) is 0 Å². The van der Waals surface area contributed by atoms with Crippen LogP contribution in [-0.4, -0.2) is 25.7 Å². The molecule has 2 aromatic carbocycles. The molecule has 0 unspecified atom stereocenters. The molecule has 2 aromatic rings. The predicted molar refractivity (Wildman–Crippen MR) is 85.7 cm³/mol. The van der Waals surface area contributed by atoms with Gasteiger partial charge in [-0.1, -0.05) is 30.3 Å². The summed E-state index contributed by atoms with van der Waals surface area (Å²) in [6, 6.07) is 14.0. The van der Waals surface area contributed by atoms with Crippen molar-refractivity contribution in [1.29, 1.82) is 0 Å². The van der Waals surface area contributed by atoms with E-state index in [1.807, 2.05) is 24.3 Å². The van der Waals surface area contributed by atoms with E-state index >= 15 is 0 Å². The number of sulfonamides is 1. The molecule has 2 rings (SSSR count). The van der Waals surface area contributed by atoms with Crippen LogP contribution in [0.15, 0.2) is 48.5 Å². The zero-order valence-corrected chi connectivity index (χ0v) is 12.9. The number of anilines is 1. The van der Waals surface area contributed by atoms with Gasteiger partial charge < -0.3 is 5.11 Å². The summed E-state index contributed by atoms with van der Waals surface area (Å²) in [5.74, 6) is -0.927. The maximum absolute atomic E-state index is 11.1. The minimum atomic E-state index is -3.28. The molecule has 0 saturated carbocycles. The summed E-state index contributed by atoms with van der Waals surface area (Å²) in [5.41, 5.74) is 2.63. The minimum absolute atomic E-state index is 0.317. The van der Waals surface area contributed by atoms with Gasteiger partial charge in [0.25, 0.3) is 0 Å². The lowest BCUT2D eigenvalue weighted by Gasteiger charge is -2.07. The van der Waals surface area contributed by atoms with Crippen LogP contribution < -0.4 is 4.72 Å². The lowest BCUT2D eigenvalue weighted by atomic mass is 10.00. The number of aryl methyl sites for hydroxylation is 2. The molecule has 0 atom stereocenters. The van der Waals surface area contributed by atoms with E-state index in [2.05, 4.69) is 4.72 Å². The smallest absolute Gasteiger partial charge is 0.335 e. The van der Waals surface area contributed by atoms with Gasteiger partial charge in [0.1, 0.15) is 0 Å². The Morgan fingerprint density at radius 1 is 1.05 bits per heavy atom. The Kier molecular flexibility index (Phi) is 4.82. The molecule has 0 radical (unpaired) electrons. The third kappa shape index (κ3) is 4.60. The van der Waals surface area contributed by atoms with Gasteiger partial charge in [-0.25, -0.2) is 13.2 Å². The molecular weight excluding hydrogens is 302 g/mol. The van der Waals surface area contributed by atoms with Gasteiger partial charge in [0.05, 0.1) is 11.8 Å². The summed E-state index contributed by atoms with van der Waals surface area (Å²) in [6.45, 7) is 0. The standard InChI is InChI=1S/C16H17NO4S/c1-22(20,21)17-14-10-7-12(8-11-14)6-9-13-4-2-3-5-15(13)16(18)19/h2-5,7-8,10-11,17H,6,9H2,1H3,(H,18,19). The Bertz CT molecular complexity index is 767. The van der Waals surface area contributed by atoms with Crippen molar-refractivity contribution in [2.45, 2.75) is 12.8 Å². The Morgan fingerprint density at radius 2 is 1.68 bits per heavy atom. The van der Waals surface area contributed by atoms with Gasteiger partial charge >= 0.3 is 5.97 Å². The number of hydrogen-bond acceptors (Lipinski definition) is 3. The quantitative estimate of drug-likeness (QED) is 0.857. The monoisotopic (exact) mass is 319 g/mol. The van der Waals surface area contributed by atoms with Crippen LogP contribution in [0.4, 0.5) is 5.69 Å². The fourth-order valence-electron chi connectivity index (χ4n) is 2.18. The molecule has 6 heteroatoms. The van der Waals surface area contributed by atoms with Crippen molar-refractivity contribution in [2.75, 3.05) is 11.0 Å². The Hall–Kier alpha value is -2.34. The lowest BCUT2D eigenvalue weighted by Crippen LogP contribution is -2.09. The van der Waals surface area contributed by atoms with Crippen molar-refractivity contribution >= 4 is 21.7 Å². The molecule has 0 aliphatic heterocycles. The first-order chi connectivity index (χ1) is 10.3. The van der Waals surface area contributed by atoms with Crippen LogP contribution in [0.3, 0.4) is 0 Å². The molecule has 5 nitrogen and oxygen atoms in total. The molecule has 0 bridgehead atoms. The van der Waals surface area contributed by atoms with E-state index in [9.17, 15) is 13.2 Å². The largest absolute Gasteiger partial charge is 0.478 e. The number of rotatable bonds is 6. The van der Waals surface area contributed by atoms with Gasteiger partial charge in [-0.2, -0.15) is 0 Å². The fraction of sp³-hybridized carbons (Fsp3) is 0.188. The molecule has 116 valence electrons. The zero-order valence-electron chi connectivity index (χ0n) is 12.1. The average molecular weight is 319 g/mol. The summed E-state index contributed by atoms with van der Waals surface area (Å²) in [5, 5.41) is 9.14. The van der Waals surface area contributed by atoms with Crippen LogP contribution in [0.1, 0.15) is 21.5 Å². The van der Waals surface area contributed by atoms with Gasteiger partial charge in [-0.3, -0.25) is 4.72 Å². The first-order valence-corrected chi connectivity index (χ1v) is 8.62. The summed E-state index contributed by atoms with van der Waals surface area (Å²) in [6.07, 6.45) is 2.40. The topological polar surface area (TPSA) is 83.5 Å². The Morgan fingerprint density at radius 3 is 2.27 bits per heavy atom. The average Bonchev–Trinajstić information content (AvgIpc) is 2.45. The summed E-state index contributed by atoms with van der Waals surface area (Å²) < 4.78 is 24.7. The molecule has 0 heterocycles. The first-order valence-electron chi connectivity index (χ1n) is 6.73. The zero-order chi connectivity index (χ0) is 16.2. The third-order valence-corrected chi connectivity index (χ3v) is 3.79. The molecule has 2 N–H and O–H groups in total. The molecule has 0 amide bonds. The Balaban J connectivity index is 2.05. The number of aromatic carboxylic acids is 1. The van der Waals surface area contributed by atoms with E-state index in [1.165, 1.54) is 0 Å². The molecule has 22 heavy (non-hydrogen) atoms. The van der Waals surface area contributed by atoms with E-state index in [0.717, 1.165) is 17.4 Å². The van der Waals surface area contributed by atoms with Gasteiger partial charge in [-0.15, -0.1) is 0 Å². The maximum atomic E-state index is 11.1. The number of nitrogens with one attached hydrogen (secondary N) is 1. The van der Waals surface area contributed by atoms with Crippen molar-refractivity contribution in [3.8, 4) is 0 Å². The van der Waals surface area contributed by atoms with Crippen LogP contribution in [-0.2, 0) is 22.9 Å². The summed E-state index contributed by atoms with van der Waals surface area (Å²) in [7, 11) is -3.28. The number of carboxylic acid groups (broad SMARTS) is 1. The molecule has 0 fully saturated rings. The van der Waals surface area contributed by atoms with Crippen molar-refractivity contribution in [3.63, 3.8) is 0 Å². The van der Waals surface area contributed by atoms with Crippen LogP contribution in [0, 0.1) is 0 Å². The predicted octanol–water partition coefficient (Wildman–Crippen LogP) is 2.54. The molecular formula is C16H17NO4S. The molecule has 0 aliphatic carbocycles. The van der Waals surface area contributed by atoms with Crippen LogP contribution in [0.5, 0.6) is 0 Å². The number of benzene rings is 2. The van der Waals surface area contributed by atoms with E-state index in [-0.39, 0.29) is 0 Å². The van der Waals surface area contributed by atoms with Crippen LogP contribution in [0.25, 0.3) is 0 Å². The first kappa shape index (κ1) is 16.0. The highest BCUT2D eigenvalue weighted by atomic mass is 32.2. The van der Waals surface area contributed by atoms with Crippen LogP contribution >= 0.6 is 0 Å². The van der Waals surface area contributed by atoms with Gasteiger partial charge in [-0.05, 0) is 42.2 Å². The second kappa shape index (κ2) is 6.62. The normalized spacial score (nSPS) is 11.1. The minimum Gasteiger partial charge on any atom is -0.478 e. The highest BCUT2D eigenvalue weighted by molar-refractivity contribution is 7.92. The second-order valence-corrected chi connectivity index (χ2v) is 6.78. The number of hydrogen-bond donors (Lipinski definition) is 2. The SMILES string of the molecule is CS(=O)(=O)Nc1ccc(CCc2ccccc2C(=O)O)cc1. The van der Waals surface area contributed by atoms with E-state index in [0.29, 0.717) is 24.1 Å². The van der Waals surface area contributed by atoms with Gasteiger partial charge in [0.2, 0.25) is 10.0 Å². The number of carboxylic acids is 1. The highest BCUT2D eigenvalue weighted by Crippen LogP contribution is 2.15. The molecule has 0 aliphatic rings.